The third-order valence-electron chi connectivity index (χ3n) is 7.65. The number of ketones is 1. The van der Waals surface area contributed by atoms with Crippen LogP contribution in [0, 0.1) is 6.92 Å². The zero-order chi connectivity index (χ0) is 31.1. The van der Waals surface area contributed by atoms with Gasteiger partial charge in [0.2, 0.25) is 12.3 Å². The highest BCUT2D eigenvalue weighted by atomic mass is 16.2. The van der Waals surface area contributed by atoms with Crippen molar-refractivity contribution in [2.24, 2.45) is 0 Å². The number of amides is 3. The number of nitrogens with zero attached hydrogens (tertiary/aromatic N) is 2. The Kier molecular flexibility index (Phi) is 10.1. The van der Waals surface area contributed by atoms with Crippen molar-refractivity contribution in [3.63, 3.8) is 0 Å². The third-order valence-corrected chi connectivity index (χ3v) is 7.65. The minimum absolute atomic E-state index is 0.127. The average Bonchev–Trinajstić information content (AvgIpc) is 3.02. The van der Waals surface area contributed by atoms with Crippen molar-refractivity contribution in [3.05, 3.63) is 107 Å². The Morgan fingerprint density at radius 3 is 2.23 bits per heavy atom. The van der Waals surface area contributed by atoms with Gasteiger partial charge in [0.25, 0.3) is 5.91 Å². The third kappa shape index (κ3) is 7.16. The number of nitrogens with one attached hydrogen (secondary N) is 2. The monoisotopic (exact) mass is 578 g/mol. The molecular formula is C35H38N4O4. The molecule has 0 saturated carbocycles. The van der Waals surface area contributed by atoms with Gasteiger partial charge in [0.05, 0.1) is 24.0 Å². The molecule has 0 fully saturated rings. The Morgan fingerprint density at radius 1 is 0.860 bits per heavy atom. The summed E-state index contributed by atoms with van der Waals surface area (Å²) >= 11 is 0. The van der Waals surface area contributed by atoms with Crippen molar-refractivity contribution < 1.29 is 19.2 Å². The maximum atomic E-state index is 14.2. The SMILES string of the molecule is CN[C@@H](C)C(=O)NC(C)CN(C(=O)c1cccc(C(C)=O)c1)c1ccccc1N(C=O)Cc1c(C)ccc2ccccc12. The molecule has 0 heterocycles. The molecule has 0 radical (unpaired) electrons. The van der Waals surface area contributed by atoms with Gasteiger partial charge >= 0.3 is 0 Å². The normalized spacial score (nSPS) is 12.3. The molecule has 3 amide bonds. The fraction of sp³-hybridized carbons (Fsp3) is 0.257. The van der Waals surface area contributed by atoms with Gasteiger partial charge < -0.3 is 20.4 Å². The van der Waals surface area contributed by atoms with Crippen molar-refractivity contribution in [1.82, 2.24) is 10.6 Å². The predicted molar refractivity (Wildman–Crippen MR) is 172 cm³/mol. The van der Waals surface area contributed by atoms with Gasteiger partial charge in [-0.3, -0.25) is 19.2 Å². The van der Waals surface area contributed by atoms with Crippen LogP contribution in [0.15, 0.2) is 84.9 Å². The molecule has 2 atom stereocenters. The van der Waals surface area contributed by atoms with Crippen molar-refractivity contribution in [2.45, 2.75) is 46.3 Å². The number of aryl methyl sites for hydroxylation is 1. The summed E-state index contributed by atoms with van der Waals surface area (Å²) in [5.74, 6) is -0.707. The van der Waals surface area contributed by atoms with Crippen LogP contribution >= 0.6 is 0 Å². The minimum Gasteiger partial charge on any atom is -0.351 e. The largest absolute Gasteiger partial charge is 0.351 e. The van der Waals surface area contributed by atoms with Crippen molar-refractivity contribution >= 4 is 46.2 Å². The van der Waals surface area contributed by atoms with E-state index in [9.17, 15) is 19.2 Å². The predicted octanol–water partition coefficient (Wildman–Crippen LogP) is 5.27. The molecule has 1 unspecified atom stereocenters. The van der Waals surface area contributed by atoms with E-state index in [2.05, 4.69) is 16.7 Å². The zero-order valence-electron chi connectivity index (χ0n) is 25.3. The van der Waals surface area contributed by atoms with Gasteiger partial charge in [0, 0.05) is 23.7 Å². The van der Waals surface area contributed by atoms with E-state index in [1.54, 1.807) is 54.1 Å². The van der Waals surface area contributed by atoms with Crippen molar-refractivity contribution in [1.29, 1.82) is 0 Å². The summed E-state index contributed by atoms with van der Waals surface area (Å²) in [6.45, 7) is 7.47. The summed E-state index contributed by atoms with van der Waals surface area (Å²) in [6.07, 6.45) is 0.777. The standard InChI is InChI=1S/C35H38N4O4/c1-23-17-18-27-11-6-7-14-30(27)31(23)21-38(22-40)32-15-8-9-16-33(32)39(20-24(2)37-34(42)25(3)36-5)35(43)29-13-10-12-28(19-29)26(4)41/h6-19,22,24-25,36H,20-21H2,1-5H3,(H,37,42)/t24?,25-/m0/s1. The van der Waals surface area contributed by atoms with Crippen LogP contribution in [0.5, 0.6) is 0 Å². The lowest BCUT2D eigenvalue weighted by atomic mass is 9.99. The number of anilines is 2. The molecule has 0 aliphatic carbocycles. The number of benzene rings is 4. The van der Waals surface area contributed by atoms with Crippen LogP contribution in [-0.4, -0.2) is 49.7 Å². The Balaban J connectivity index is 1.78. The lowest BCUT2D eigenvalue weighted by Gasteiger charge is -2.31. The molecule has 0 aromatic heterocycles. The molecule has 4 aromatic rings. The maximum Gasteiger partial charge on any atom is 0.258 e. The number of hydrogen-bond acceptors (Lipinski definition) is 5. The highest BCUT2D eigenvalue weighted by molar-refractivity contribution is 6.09. The molecule has 43 heavy (non-hydrogen) atoms. The molecule has 8 heteroatoms. The molecule has 0 aliphatic heterocycles. The molecule has 4 rings (SSSR count). The first kappa shape index (κ1) is 31.1. The van der Waals surface area contributed by atoms with Crippen molar-refractivity contribution in [3.8, 4) is 0 Å². The molecule has 0 saturated heterocycles. The second kappa shape index (κ2) is 13.9. The number of rotatable bonds is 12. The van der Waals surface area contributed by atoms with E-state index in [-0.39, 0.29) is 24.1 Å². The molecule has 0 spiro atoms. The Hall–Kier alpha value is -4.82. The second-order valence-electron chi connectivity index (χ2n) is 10.8. The average molecular weight is 579 g/mol. The maximum absolute atomic E-state index is 14.2. The van der Waals surface area contributed by atoms with Crippen LogP contribution in [0.4, 0.5) is 11.4 Å². The quantitative estimate of drug-likeness (QED) is 0.176. The summed E-state index contributed by atoms with van der Waals surface area (Å²) in [5.41, 5.74) is 3.86. The lowest BCUT2D eigenvalue weighted by Crippen LogP contribution is -2.49. The van der Waals surface area contributed by atoms with Gasteiger partial charge in [-0.2, -0.15) is 0 Å². The smallest absolute Gasteiger partial charge is 0.258 e. The van der Waals surface area contributed by atoms with E-state index < -0.39 is 12.1 Å². The minimum atomic E-state index is -0.429. The summed E-state index contributed by atoms with van der Waals surface area (Å²) in [6, 6.07) is 25.1. The van der Waals surface area contributed by atoms with Gasteiger partial charge in [-0.25, -0.2) is 0 Å². The van der Waals surface area contributed by atoms with Crippen LogP contribution in [0.2, 0.25) is 0 Å². The van der Waals surface area contributed by atoms with Gasteiger partial charge in [0.1, 0.15) is 0 Å². The number of fused-ring (bicyclic) bond motifs is 1. The number of carbonyl (C=O) groups excluding carboxylic acids is 4. The second-order valence-corrected chi connectivity index (χ2v) is 10.8. The van der Waals surface area contributed by atoms with Gasteiger partial charge in [0.15, 0.2) is 5.78 Å². The Morgan fingerprint density at radius 2 is 1.53 bits per heavy atom. The van der Waals surface area contributed by atoms with E-state index in [0.717, 1.165) is 28.3 Å². The first-order valence-electron chi connectivity index (χ1n) is 14.3. The van der Waals surface area contributed by atoms with Crippen molar-refractivity contribution in [2.75, 3.05) is 23.4 Å². The molecule has 222 valence electrons. The fourth-order valence-electron chi connectivity index (χ4n) is 5.08. The molecule has 0 aliphatic rings. The zero-order valence-corrected chi connectivity index (χ0v) is 25.3. The highest BCUT2D eigenvalue weighted by Crippen LogP contribution is 2.33. The van der Waals surface area contributed by atoms with E-state index in [1.807, 2.05) is 62.4 Å². The van der Waals surface area contributed by atoms with Crippen LogP contribution in [-0.2, 0) is 16.1 Å². The molecule has 8 nitrogen and oxygen atoms in total. The lowest BCUT2D eigenvalue weighted by molar-refractivity contribution is -0.123. The van der Waals surface area contributed by atoms with E-state index in [0.29, 0.717) is 29.0 Å². The molecule has 0 bridgehead atoms. The topological polar surface area (TPSA) is 98.8 Å². The van der Waals surface area contributed by atoms with Crippen LogP contribution in [0.25, 0.3) is 10.8 Å². The summed E-state index contributed by atoms with van der Waals surface area (Å²) in [7, 11) is 1.70. The summed E-state index contributed by atoms with van der Waals surface area (Å²) in [4.78, 5) is 54.8. The van der Waals surface area contributed by atoms with Gasteiger partial charge in [-0.15, -0.1) is 0 Å². The van der Waals surface area contributed by atoms with Gasteiger partial charge in [-0.1, -0.05) is 60.7 Å². The van der Waals surface area contributed by atoms with Crippen LogP contribution < -0.4 is 20.4 Å². The molecular weight excluding hydrogens is 540 g/mol. The first-order valence-corrected chi connectivity index (χ1v) is 14.3. The number of likely N-dealkylation sites (N-methyl/N-ethyl adjacent to an activating group) is 1. The number of carbonyl (C=O) groups is 4. The molecule has 2 N–H and O–H groups in total. The Labute approximate surface area is 252 Å². The van der Waals surface area contributed by atoms with Crippen LogP contribution in [0.1, 0.15) is 52.6 Å². The molecule has 4 aromatic carbocycles. The van der Waals surface area contributed by atoms with E-state index in [4.69, 9.17) is 0 Å². The van der Waals surface area contributed by atoms with Gasteiger partial charge in [-0.05, 0) is 80.9 Å². The highest BCUT2D eigenvalue weighted by Gasteiger charge is 2.26. The fourth-order valence-corrected chi connectivity index (χ4v) is 5.08. The van der Waals surface area contributed by atoms with E-state index in [1.165, 1.54) is 6.92 Å². The first-order chi connectivity index (χ1) is 20.6. The number of para-hydroxylation sites is 2. The van der Waals surface area contributed by atoms with E-state index >= 15 is 0 Å². The Bertz CT molecular complexity index is 1650. The number of Topliss-reactive ketones (excluding diaryl/α,β-unsaturated/α-hetero) is 1. The summed E-state index contributed by atoms with van der Waals surface area (Å²) in [5, 5.41) is 8.01. The van der Waals surface area contributed by atoms with Crippen LogP contribution in [0.3, 0.4) is 0 Å². The number of hydrogen-bond donors (Lipinski definition) is 2. The summed E-state index contributed by atoms with van der Waals surface area (Å²) < 4.78 is 0.